The monoisotopic (exact) mass is 772 g/mol. The minimum atomic E-state index is 0.599. The second-order valence-corrected chi connectivity index (χ2v) is 15.1. The third-order valence-corrected chi connectivity index (χ3v) is 11.8. The van der Waals surface area contributed by atoms with Gasteiger partial charge in [0, 0.05) is 32.9 Å². The zero-order valence-electron chi connectivity index (χ0n) is 32.0. The number of hydrogen-bond donors (Lipinski definition) is 0. The van der Waals surface area contributed by atoms with Crippen molar-refractivity contribution in [1.29, 1.82) is 0 Å². The van der Waals surface area contributed by atoms with Gasteiger partial charge in [0.05, 0.1) is 62.9 Å². The molecule has 60 heavy (non-hydrogen) atoms. The van der Waals surface area contributed by atoms with Crippen molar-refractivity contribution in [3.05, 3.63) is 194 Å². The summed E-state index contributed by atoms with van der Waals surface area (Å²) < 4.78 is 17.2. The molecule has 0 fully saturated rings. The molecule has 0 atom stereocenters. The summed E-state index contributed by atoms with van der Waals surface area (Å²) in [6.45, 7) is 0. The largest absolute Gasteiger partial charge is 0.453 e. The molecule has 2 aliphatic rings. The first-order chi connectivity index (χ1) is 29.8. The molecule has 0 saturated carbocycles. The number of aromatic nitrogens is 4. The molecule has 0 saturated heterocycles. The van der Waals surface area contributed by atoms with Crippen LogP contribution in [-0.2, 0) is 0 Å². The summed E-state index contributed by atoms with van der Waals surface area (Å²) in [5.41, 5.74) is 11.2. The molecule has 0 unspecified atom stereocenters. The lowest BCUT2D eigenvalue weighted by molar-refractivity contribution is 0.476. The van der Waals surface area contributed by atoms with Crippen LogP contribution in [-0.4, -0.2) is 19.1 Å². The first kappa shape index (κ1) is 32.7. The van der Waals surface area contributed by atoms with E-state index in [2.05, 4.69) is 140 Å². The molecular weight excluding hydrogens is 741 g/mol. The van der Waals surface area contributed by atoms with Crippen molar-refractivity contribution in [2.24, 2.45) is 0 Å². The predicted octanol–water partition coefficient (Wildman–Crippen LogP) is 13.8. The topological polar surface area (TPSA) is 60.6 Å². The van der Waals surface area contributed by atoms with Crippen LogP contribution in [0.1, 0.15) is 0 Å². The molecule has 13 rings (SSSR count). The highest BCUT2D eigenvalue weighted by Gasteiger charge is 2.28. The van der Waals surface area contributed by atoms with Gasteiger partial charge < -0.3 is 23.8 Å². The number of hydrogen-bond acceptors (Lipinski definition) is 6. The third kappa shape index (κ3) is 4.67. The Balaban J connectivity index is 0.989. The van der Waals surface area contributed by atoms with Crippen LogP contribution in [0.5, 0.6) is 23.0 Å². The maximum absolute atomic E-state index is 6.35. The van der Waals surface area contributed by atoms with Crippen molar-refractivity contribution in [2.45, 2.75) is 0 Å². The minimum Gasteiger partial charge on any atom is -0.453 e. The van der Waals surface area contributed by atoms with E-state index in [4.69, 9.17) is 19.4 Å². The van der Waals surface area contributed by atoms with E-state index in [1.807, 2.05) is 73.1 Å². The van der Waals surface area contributed by atoms with E-state index in [0.717, 1.165) is 95.6 Å². The first-order valence-electron chi connectivity index (χ1n) is 20.0. The van der Waals surface area contributed by atoms with Crippen molar-refractivity contribution in [3.8, 4) is 34.6 Å². The Labute approximate surface area is 344 Å². The van der Waals surface area contributed by atoms with Gasteiger partial charge in [-0.05, 0) is 91.0 Å². The molecule has 0 aliphatic carbocycles. The van der Waals surface area contributed by atoms with Gasteiger partial charge in [-0.15, -0.1) is 0 Å². The normalized spacial score (nSPS) is 12.9. The molecule has 11 aromatic rings. The smallest absolute Gasteiger partial charge is 0.234 e. The molecule has 5 heterocycles. The number of rotatable bonds is 4. The zero-order valence-corrected chi connectivity index (χ0v) is 32.0. The Bertz CT molecular complexity index is 3440. The van der Waals surface area contributed by atoms with Crippen LogP contribution in [0.25, 0.3) is 55.2 Å². The Kier molecular flexibility index (Phi) is 6.85. The summed E-state index contributed by atoms with van der Waals surface area (Å²) in [4.78, 5) is 14.6. The fraction of sp³-hybridized carbons (Fsp3) is 0. The quantitative estimate of drug-likeness (QED) is 0.178. The van der Waals surface area contributed by atoms with E-state index in [-0.39, 0.29) is 0 Å². The summed E-state index contributed by atoms with van der Waals surface area (Å²) in [5, 5.41) is 4.66. The Morgan fingerprint density at radius 3 is 1.28 bits per heavy atom. The molecule has 0 radical (unpaired) electrons. The van der Waals surface area contributed by atoms with E-state index in [9.17, 15) is 0 Å². The number of fused-ring (bicyclic) bond motifs is 11. The summed E-state index contributed by atoms with van der Waals surface area (Å²) in [7, 11) is 0. The van der Waals surface area contributed by atoms with Gasteiger partial charge in [-0.2, -0.15) is 0 Å². The summed E-state index contributed by atoms with van der Waals surface area (Å²) in [5.74, 6) is 3.82. The molecule has 2 aliphatic heterocycles. The van der Waals surface area contributed by atoms with Crippen LogP contribution >= 0.6 is 0 Å². The molecule has 8 aromatic carbocycles. The average molecular weight is 773 g/mol. The van der Waals surface area contributed by atoms with Crippen molar-refractivity contribution in [1.82, 2.24) is 19.1 Å². The van der Waals surface area contributed by atoms with Crippen molar-refractivity contribution in [3.63, 3.8) is 0 Å². The van der Waals surface area contributed by atoms with Gasteiger partial charge in [-0.1, -0.05) is 91.0 Å². The second-order valence-electron chi connectivity index (χ2n) is 15.1. The van der Waals surface area contributed by atoms with Gasteiger partial charge in [-0.25, -0.2) is 9.97 Å². The van der Waals surface area contributed by atoms with Gasteiger partial charge in [0.25, 0.3) is 0 Å². The Morgan fingerprint density at radius 1 is 0.333 bits per heavy atom. The fourth-order valence-electron chi connectivity index (χ4n) is 9.29. The first-order valence-corrected chi connectivity index (χ1v) is 20.0. The minimum absolute atomic E-state index is 0.599. The summed E-state index contributed by atoms with van der Waals surface area (Å²) in [6.07, 6.45) is 3.81. The van der Waals surface area contributed by atoms with E-state index >= 15 is 0 Å². The number of anilines is 6. The van der Waals surface area contributed by atoms with Crippen LogP contribution in [0.15, 0.2) is 194 Å². The maximum Gasteiger partial charge on any atom is 0.234 e. The SMILES string of the molecule is c1cc(N2c3ccccc3Oc3ccccc32)cc(-n2c3ccccc3c3c4c5ccccc5n(-c5ncc(N6c7ccccc7Oc7ccccc76)cn5)c4ccc32)c1. The lowest BCUT2D eigenvalue weighted by atomic mass is 10.1. The van der Waals surface area contributed by atoms with Crippen molar-refractivity contribution >= 4 is 77.7 Å². The molecule has 8 nitrogen and oxygen atoms in total. The highest BCUT2D eigenvalue weighted by molar-refractivity contribution is 6.28. The van der Waals surface area contributed by atoms with Crippen LogP contribution in [0.3, 0.4) is 0 Å². The lowest BCUT2D eigenvalue weighted by Crippen LogP contribution is -2.16. The molecule has 0 N–H and O–H groups in total. The summed E-state index contributed by atoms with van der Waals surface area (Å²) in [6, 6.07) is 63.1. The number of ether oxygens (including phenoxy) is 2. The van der Waals surface area contributed by atoms with Gasteiger partial charge in [-0.3, -0.25) is 4.57 Å². The Morgan fingerprint density at radius 2 is 0.750 bits per heavy atom. The van der Waals surface area contributed by atoms with E-state index < -0.39 is 0 Å². The number of benzene rings is 8. The predicted molar refractivity (Wildman–Crippen MR) is 240 cm³/mol. The molecule has 3 aromatic heterocycles. The van der Waals surface area contributed by atoms with Gasteiger partial charge >= 0.3 is 0 Å². The average Bonchev–Trinajstić information content (AvgIpc) is 3.83. The van der Waals surface area contributed by atoms with Crippen LogP contribution in [0.2, 0.25) is 0 Å². The highest BCUT2D eigenvalue weighted by atomic mass is 16.5. The van der Waals surface area contributed by atoms with Gasteiger partial charge in [0.1, 0.15) is 0 Å². The van der Waals surface area contributed by atoms with Crippen molar-refractivity contribution in [2.75, 3.05) is 9.80 Å². The second kappa shape index (κ2) is 12.6. The molecule has 0 spiro atoms. The molecular formula is C52H32N6O2. The highest BCUT2D eigenvalue weighted by Crippen LogP contribution is 2.52. The molecule has 8 heteroatoms. The van der Waals surface area contributed by atoms with E-state index in [1.54, 1.807) is 0 Å². The van der Waals surface area contributed by atoms with Crippen LogP contribution in [0, 0.1) is 0 Å². The number of para-hydroxylation sites is 10. The molecule has 0 amide bonds. The zero-order chi connectivity index (χ0) is 39.3. The number of nitrogens with zero attached hydrogens (tertiary/aromatic N) is 6. The van der Waals surface area contributed by atoms with E-state index in [0.29, 0.717) is 5.95 Å². The lowest BCUT2D eigenvalue weighted by Gasteiger charge is -2.33. The van der Waals surface area contributed by atoms with Crippen LogP contribution < -0.4 is 19.3 Å². The summed E-state index contributed by atoms with van der Waals surface area (Å²) >= 11 is 0. The van der Waals surface area contributed by atoms with Crippen LogP contribution in [0.4, 0.5) is 34.1 Å². The third-order valence-electron chi connectivity index (χ3n) is 11.8. The molecule has 0 bridgehead atoms. The Hall–Kier alpha value is -8.36. The van der Waals surface area contributed by atoms with E-state index in [1.165, 1.54) is 10.8 Å². The van der Waals surface area contributed by atoms with Crippen molar-refractivity contribution < 1.29 is 9.47 Å². The molecule has 282 valence electrons. The standard InChI is InChI=1S/C52H32N6O2/c1-3-18-38-36(16-1)50-44(55(38)33-14-13-15-34(30-33)56-40-20-5-9-24-46(40)59-47-25-10-6-21-41(47)56)28-29-45-51(50)37-17-2-4-19-39(37)58(45)52-53-31-35(32-54-52)57-42-22-7-11-26-48(42)60-49-27-12-8-23-43(49)57/h1-32H. The maximum atomic E-state index is 6.35. The van der Waals surface area contributed by atoms with Gasteiger partial charge in [0.2, 0.25) is 5.95 Å². The fourth-order valence-corrected chi connectivity index (χ4v) is 9.29. The van der Waals surface area contributed by atoms with Gasteiger partial charge in [0.15, 0.2) is 23.0 Å².